The normalized spacial score (nSPS) is 16.2. The maximum Gasteiger partial charge on any atom is 0.253 e. The largest absolute Gasteiger partial charge is 0.336 e. The summed E-state index contributed by atoms with van der Waals surface area (Å²) in [7, 11) is 0. The van der Waals surface area contributed by atoms with Gasteiger partial charge in [-0.25, -0.2) is 0 Å². The van der Waals surface area contributed by atoms with Crippen molar-refractivity contribution in [3.05, 3.63) is 71.3 Å². The van der Waals surface area contributed by atoms with Crippen molar-refractivity contribution in [2.75, 3.05) is 26.2 Å². The third-order valence-corrected chi connectivity index (χ3v) is 4.84. The molecule has 1 aliphatic heterocycles. The molecular weight excluding hydrogens is 310 g/mol. The summed E-state index contributed by atoms with van der Waals surface area (Å²) >= 11 is 0. The van der Waals surface area contributed by atoms with Gasteiger partial charge in [0.25, 0.3) is 5.91 Å². The highest BCUT2D eigenvalue weighted by atomic mass is 16.2. The lowest BCUT2D eigenvalue weighted by Crippen LogP contribution is -2.51. The van der Waals surface area contributed by atoms with Crippen LogP contribution in [0.15, 0.2) is 54.6 Å². The number of carbonyl (C=O) groups excluding carboxylic acids is 1. The van der Waals surface area contributed by atoms with Crippen molar-refractivity contribution < 1.29 is 4.79 Å². The third-order valence-electron chi connectivity index (χ3n) is 4.84. The first kappa shape index (κ1) is 17.2. The van der Waals surface area contributed by atoms with E-state index in [1.165, 1.54) is 5.56 Å². The van der Waals surface area contributed by atoms with Crippen molar-refractivity contribution in [2.45, 2.75) is 19.4 Å². The minimum Gasteiger partial charge on any atom is -0.336 e. The van der Waals surface area contributed by atoms with E-state index in [4.69, 9.17) is 5.26 Å². The Morgan fingerprint density at radius 3 is 2.48 bits per heavy atom. The molecule has 0 radical (unpaired) electrons. The summed E-state index contributed by atoms with van der Waals surface area (Å²) in [6.07, 6.45) is 1.03. The summed E-state index contributed by atoms with van der Waals surface area (Å²) in [6, 6.07) is 20.0. The maximum atomic E-state index is 12.6. The lowest BCUT2D eigenvalue weighted by molar-refractivity contribution is 0.0582. The number of benzene rings is 2. The maximum absolute atomic E-state index is 12.6. The van der Waals surface area contributed by atoms with Crippen LogP contribution in [0.25, 0.3) is 0 Å². The minimum absolute atomic E-state index is 0.0208. The van der Waals surface area contributed by atoms with Crippen LogP contribution in [-0.4, -0.2) is 47.9 Å². The molecule has 1 atom stereocenters. The Hall–Kier alpha value is -2.64. The predicted octanol–water partition coefficient (Wildman–Crippen LogP) is 2.95. The average Bonchev–Trinajstić information content (AvgIpc) is 2.68. The van der Waals surface area contributed by atoms with Crippen molar-refractivity contribution >= 4 is 5.91 Å². The molecule has 2 aromatic carbocycles. The summed E-state index contributed by atoms with van der Waals surface area (Å²) in [5.74, 6) is 0.0208. The molecule has 1 amide bonds. The summed E-state index contributed by atoms with van der Waals surface area (Å²) in [4.78, 5) is 17.0. The van der Waals surface area contributed by atoms with E-state index in [-0.39, 0.29) is 5.91 Å². The highest BCUT2D eigenvalue weighted by molar-refractivity contribution is 5.94. The molecule has 2 aromatic rings. The number of nitriles is 1. The van der Waals surface area contributed by atoms with Crippen LogP contribution in [0.3, 0.4) is 0 Å². The van der Waals surface area contributed by atoms with Gasteiger partial charge in [0, 0.05) is 37.8 Å². The number of carbonyl (C=O) groups is 1. The fourth-order valence-electron chi connectivity index (χ4n) is 3.35. The van der Waals surface area contributed by atoms with Crippen LogP contribution in [0, 0.1) is 11.3 Å². The van der Waals surface area contributed by atoms with Gasteiger partial charge in [-0.05, 0) is 37.1 Å². The molecule has 0 saturated carbocycles. The van der Waals surface area contributed by atoms with Crippen LogP contribution in [0.4, 0.5) is 0 Å². The molecule has 4 nitrogen and oxygen atoms in total. The summed E-state index contributed by atoms with van der Waals surface area (Å²) in [5, 5.41) is 8.99. The molecule has 1 aliphatic rings. The van der Waals surface area contributed by atoms with Crippen LogP contribution < -0.4 is 0 Å². The van der Waals surface area contributed by atoms with Crippen molar-refractivity contribution in [1.29, 1.82) is 5.26 Å². The predicted molar refractivity (Wildman–Crippen MR) is 98.2 cm³/mol. The van der Waals surface area contributed by atoms with E-state index >= 15 is 0 Å². The van der Waals surface area contributed by atoms with Crippen LogP contribution in [-0.2, 0) is 6.42 Å². The Labute approximate surface area is 149 Å². The number of piperazine rings is 1. The highest BCUT2D eigenvalue weighted by Gasteiger charge is 2.24. The first-order chi connectivity index (χ1) is 12.2. The Balaban J connectivity index is 1.56. The number of hydrogen-bond acceptors (Lipinski definition) is 3. The monoisotopic (exact) mass is 333 g/mol. The first-order valence-corrected chi connectivity index (χ1v) is 8.75. The summed E-state index contributed by atoms with van der Waals surface area (Å²) in [5.41, 5.74) is 2.48. The van der Waals surface area contributed by atoms with E-state index in [1.807, 2.05) is 11.0 Å². The molecule has 0 aliphatic carbocycles. The second kappa shape index (κ2) is 7.96. The van der Waals surface area contributed by atoms with Gasteiger partial charge in [-0.15, -0.1) is 0 Å². The number of hydrogen-bond donors (Lipinski definition) is 0. The lowest BCUT2D eigenvalue weighted by Gasteiger charge is -2.38. The van der Waals surface area contributed by atoms with Crippen LogP contribution in [0.1, 0.15) is 28.4 Å². The second-order valence-electron chi connectivity index (χ2n) is 6.56. The Morgan fingerprint density at radius 1 is 1.08 bits per heavy atom. The van der Waals surface area contributed by atoms with Gasteiger partial charge in [0.05, 0.1) is 11.6 Å². The van der Waals surface area contributed by atoms with Gasteiger partial charge in [-0.3, -0.25) is 9.69 Å². The van der Waals surface area contributed by atoms with Gasteiger partial charge in [0.2, 0.25) is 0 Å². The van der Waals surface area contributed by atoms with E-state index in [0.717, 1.165) is 32.6 Å². The third kappa shape index (κ3) is 4.26. The van der Waals surface area contributed by atoms with Crippen molar-refractivity contribution in [2.24, 2.45) is 0 Å². The van der Waals surface area contributed by atoms with E-state index in [2.05, 4.69) is 42.2 Å². The zero-order valence-electron chi connectivity index (χ0n) is 14.6. The second-order valence-corrected chi connectivity index (χ2v) is 6.56. The van der Waals surface area contributed by atoms with Crippen LogP contribution >= 0.6 is 0 Å². The van der Waals surface area contributed by atoms with Crippen molar-refractivity contribution in [1.82, 2.24) is 9.80 Å². The van der Waals surface area contributed by atoms with Gasteiger partial charge >= 0.3 is 0 Å². The van der Waals surface area contributed by atoms with E-state index < -0.39 is 0 Å². The minimum atomic E-state index is 0.0208. The molecule has 0 aromatic heterocycles. The number of rotatable bonds is 4. The molecule has 25 heavy (non-hydrogen) atoms. The molecular formula is C21H23N3O. The van der Waals surface area contributed by atoms with Gasteiger partial charge in [-0.2, -0.15) is 5.26 Å². The molecule has 0 bridgehead atoms. The van der Waals surface area contributed by atoms with Gasteiger partial charge in [0.15, 0.2) is 0 Å². The standard InChI is InChI=1S/C21H23N3O/c1-17(14-18-6-3-2-4-7-18)23-10-12-24(13-11-23)21(25)20-9-5-8-19(15-20)16-22/h2-9,15,17H,10-14H2,1H3. The molecule has 1 unspecified atom stereocenters. The highest BCUT2D eigenvalue weighted by Crippen LogP contribution is 2.14. The van der Waals surface area contributed by atoms with E-state index in [1.54, 1.807) is 24.3 Å². The molecule has 128 valence electrons. The molecule has 0 spiro atoms. The zero-order chi connectivity index (χ0) is 17.6. The molecule has 1 fully saturated rings. The topological polar surface area (TPSA) is 47.3 Å². The molecule has 1 saturated heterocycles. The average molecular weight is 333 g/mol. The fraction of sp³-hybridized carbons (Fsp3) is 0.333. The van der Waals surface area contributed by atoms with Crippen LogP contribution in [0.5, 0.6) is 0 Å². The summed E-state index contributed by atoms with van der Waals surface area (Å²) in [6.45, 7) is 5.49. The van der Waals surface area contributed by atoms with E-state index in [0.29, 0.717) is 17.2 Å². The van der Waals surface area contributed by atoms with Gasteiger partial charge in [-0.1, -0.05) is 36.4 Å². The van der Waals surface area contributed by atoms with Gasteiger partial charge < -0.3 is 4.90 Å². The number of amides is 1. The van der Waals surface area contributed by atoms with Gasteiger partial charge in [0.1, 0.15) is 0 Å². The van der Waals surface area contributed by atoms with Crippen molar-refractivity contribution in [3.8, 4) is 6.07 Å². The number of nitrogens with zero attached hydrogens (tertiary/aromatic N) is 3. The quantitative estimate of drug-likeness (QED) is 0.864. The Bertz CT molecular complexity index is 758. The zero-order valence-corrected chi connectivity index (χ0v) is 14.6. The molecule has 0 N–H and O–H groups in total. The summed E-state index contributed by atoms with van der Waals surface area (Å²) < 4.78 is 0. The Kier molecular flexibility index (Phi) is 5.47. The fourth-order valence-corrected chi connectivity index (χ4v) is 3.35. The van der Waals surface area contributed by atoms with Crippen LogP contribution in [0.2, 0.25) is 0 Å². The van der Waals surface area contributed by atoms with E-state index in [9.17, 15) is 4.79 Å². The molecule has 1 heterocycles. The first-order valence-electron chi connectivity index (χ1n) is 8.75. The lowest BCUT2D eigenvalue weighted by atomic mass is 10.0. The van der Waals surface area contributed by atoms with Crippen molar-refractivity contribution in [3.63, 3.8) is 0 Å². The molecule has 4 heteroatoms. The SMILES string of the molecule is CC(Cc1ccccc1)N1CCN(C(=O)c2cccc(C#N)c2)CC1. The smallest absolute Gasteiger partial charge is 0.253 e. The Morgan fingerprint density at radius 2 is 1.80 bits per heavy atom. The molecule has 3 rings (SSSR count).